The van der Waals surface area contributed by atoms with Gasteiger partial charge in [-0.15, -0.1) is 11.8 Å². The van der Waals surface area contributed by atoms with E-state index in [0.717, 1.165) is 40.9 Å². The molecule has 0 spiro atoms. The highest BCUT2D eigenvalue weighted by atomic mass is 32.2. The molecule has 0 aliphatic carbocycles. The predicted octanol–water partition coefficient (Wildman–Crippen LogP) is 2.51. The first-order valence-electron chi connectivity index (χ1n) is 7.48. The molecule has 0 fully saturated rings. The van der Waals surface area contributed by atoms with Crippen LogP contribution in [0.1, 0.15) is 6.42 Å². The Hall–Kier alpha value is -2.43. The molecule has 0 saturated carbocycles. The first-order valence-corrected chi connectivity index (χ1v) is 9.84. The van der Waals surface area contributed by atoms with Crippen LogP contribution >= 0.6 is 11.8 Å². The summed E-state index contributed by atoms with van der Waals surface area (Å²) >= 11 is 1.14. The van der Waals surface area contributed by atoms with Crippen LogP contribution in [0.2, 0.25) is 0 Å². The lowest BCUT2D eigenvalue weighted by atomic mass is 10.3. The highest BCUT2D eigenvalue weighted by Crippen LogP contribution is 2.25. The summed E-state index contributed by atoms with van der Waals surface area (Å²) in [4.78, 5) is 22.0. The van der Waals surface area contributed by atoms with Gasteiger partial charge in [-0.05, 0) is 30.7 Å². The van der Waals surface area contributed by atoms with Crippen LogP contribution in [0.3, 0.4) is 0 Å². The van der Waals surface area contributed by atoms with E-state index >= 15 is 0 Å². The van der Waals surface area contributed by atoms with E-state index in [0.29, 0.717) is 0 Å². The zero-order valence-electron chi connectivity index (χ0n) is 13.4. The Balaban J connectivity index is 1.97. The van der Waals surface area contributed by atoms with Gasteiger partial charge < -0.3 is 5.11 Å². The van der Waals surface area contributed by atoms with Crippen LogP contribution in [0.25, 0.3) is 0 Å². The van der Waals surface area contributed by atoms with Crippen molar-refractivity contribution in [2.45, 2.75) is 21.5 Å². The van der Waals surface area contributed by atoms with Gasteiger partial charge in [-0.25, -0.2) is 13.1 Å². The number of non-ortho nitro benzene ring substituents is 1. The summed E-state index contributed by atoms with van der Waals surface area (Å²) in [7, 11) is -3.87. The second kappa shape index (κ2) is 8.79. The van der Waals surface area contributed by atoms with Gasteiger partial charge in [0.05, 0.1) is 9.82 Å². The van der Waals surface area contributed by atoms with Crippen molar-refractivity contribution in [1.82, 2.24) is 4.72 Å². The van der Waals surface area contributed by atoms with Gasteiger partial charge in [0.2, 0.25) is 10.0 Å². The maximum absolute atomic E-state index is 12.2. The quantitative estimate of drug-likeness (QED) is 0.379. The second-order valence-electron chi connectivity index (χ2n) is 5.20. The minimum atomic E-state index is -3.87. The van der Waals surface area contributed by atoms with Gasteiger partial charge in [0, 0.05) is 23.6 Å². The van der Waals surface area contributed by atoms with Gasteiger partial charge >= 0.3 is 5.97 Å². The van der Waals surface area contributed by atoms with Crippen molar-refractivity contribution in [3.8, 4) is 0 Å². The van der Waals surface area contributed by atoms with E-state index in [4.69, 9.17) is 0 Å². The van der Waals surface area contributed by atoms with Crippen LogP contribution in [-0.2, 0) is 14.8 Å². The van der Waals surface area contributed by atoms with Gasteiger partial charge in [0.15, 0.2) is 0 Å². The van der Waals surface area contributed by atoms with Crippen LogP contribution < -0.4 is 4.72 Å². The topological polar surface area (TPSA) is 127 Å². The number of sulfonamides is 1. The number of hydrogen-bond donors (Lipinski definition) is 2. The maximum Gasteiger partial charge on any atom is 0.317 e. The first-order chi connectivity index (χ1) is 12.3. The number of nitrogens with one attached hydrogen (secondary N) is 1. The van der Waals surface area contributed by atoms with Crippen molar-refractivity contribution in [3.05, 3.63) is 64.7 Å². The largest absolute Gasteiger partial charge is 0.480 e. The summed E-state index contributed by atoms with van der Waals surface area (Å²) in [5.41, 5.74) is -0.214. The summed E-state index contributed by atoms with van der Waals surface area (Å²) < 4.78 is 26.7. The standard InChI is InChI=1S/C16H16N2O6S2/c19-16(20)15(25-13-4-2-1-3-5-13)10-11-17-26(23,24)14-8-6-12(7-9-14)18(21)22/h1-9,15,17H,10-11H2,(H,19,20). The highest BCUT2D eigenvalue weighted by molar-refractivity contribution is 8.00. The van der Waals surface area contributed by atoms with E-state index in [-0.39, 0.29) is 23.5 Å². The first kappa shape index (κ1) is 19.9. The molecule has 10 heteroatoms. The third-order valence-electron chi connectivity index (χ3n) is 3.35. The van der Waals surface area contributed by atoms with E-state index in [1.54, 1.807) is 24.3 Å². The van der Waals surface area contributed by atoms with Crippen LogP contribution in [0.15, 0.2) is 64.4 Å². The molecule has 26 heavy (non-hydrogen) atoms. The van der Waals surface area contributed by atoms with Crippen molar-refractivity contribution in [2.24, 2.45) is 0 Å². The lowest BCUT2D eigenvalue weighted by molar-refractivity contribution is -0.384. The number of carbonyl (C=O) groups is 1. The van der Waals surface area contributed by atoms with Crippen molar-refractivity contribution in [2.75, 3.05) is 6.54 Å². The molecule has 0 aliphatic rings. The lowest BCUT2D eigenvalue weighted by Crippen LogP contribution is -2.29. The third-order valence-corrected chi connectivity index (χ3v) is 6.10. The molecule has 0 heterocycles. The average molecular weight is 396 g/mol. The molecule has 0 amide bonds. The number of benzene rings is 2. The van der Waals surface area contributed by atoms with E-state index < -0.39 is 26.2 Å². The van der Waals surface area contributed by atoms with Crippen molar-refractivity contribution < 1.29 is 23.2 Å². The molecule has 138 valence electrons. The number of aliphatic carboxylic acids is 1. The fourth-order valence-electron chi connectivity index (χ4n) is 2.05. The predicted molar refractivity (Wildman–Crippen MR) is 96.6 cm³/mol. The highest BCUT2D eigenvalue weighted by Gasteiger charge is 2.21. The Labute approximate surface area is 154 Å². The minimum absolute atomic E-state index is 0.0733. The number of rotatable bonds is 9. The lowest BCUT2D eigenvalue weighted by Gasteiger charge is -2.13. The normalized spacial score (nSPS) is 12.5. The second-order valence-corrected chi connectivity index (χ2v) is 8.24. The fourth-order valence-corrected chi connectivity index (χ4v) is 4.08. The van der Waals surface area contributed by atoms with Crippen LogP contribution in [0, 0.1) is 10.1 Å². The van der Waals surface area contributed by atoms with Crippen molar-refractivity contribution in [3.63, 3.8) is 0 Å². The Kier molecular flexibility index (Phi) is 6.72. The van der Waals surface area contributed by atoms with Crippen molar-refractivity contribution in [1.29, 1.82) is 0 Å². The van der Waals surface area contributed by atoms with Crippen LogP contribution in [0.4, 0.5) is 5.69 Å². The maximum atomic E-state index is 12.2. The van der Waals surface area contributed by atoms with Crippen molar-refractivity contribution >= 4 is 33.4 Å². The zero-order chi connectivity index (χ0) is 19.2. The van der Waals surface area contributed by atoms with Gasteiger partial charge in [-0.2, -0.15) is 0 Å². The van der Waals surface area contributed by atoms with Gasteiger partial charge in [0.25, 0.3) is 5.69 Å². The minimum Gasteiger partial charge on any atom is -0.480 e. The molecule has 0 saturated heterocycles. The van der Waals surface area contributed by atoms with E-state index in [9.17, 15) is 28.4 Å². The number of carboxylic acids is 1. The molecular weight excluding hydrogens is 380 g/mol. The molecular formula is C16H16N2O6S2. The number of nitro benzene ring substituents is 1. The molecule has 0 bridgehead atoms. The molecule has 8 nitrogen and oxygen atoms in total. The number of nitro groups is 1. The monoisotopic (exact) mass is 396 g/mol. The Bertz CT molecular complexity index is 869. The molecule has 2 aromatic rings. The number of thioether (sulfide) groups is 1. The summed E-state index contributed by atoms with van der Waals surface area (Å²) in [6, 6.07) is 13.4. The number of carboxylic acid groups (broad SMARTS) is 1. The summed E-state index contributed by atoms with van der Waals surface area (Å²) in [5, 5.41) is 19.1. The molecule has 0 radical (unpaired) electrons. The average Bonchev–Trinajstić information content (AvgIpc) is 2.61. The summed E-state index contributed by atoms with van der Waals surface area (Å²) in [5.74, 6) is -1.03. The molecule has 1 unspecified atom stereocenters. The zero-order valence-corrected chi connectivity index (χ0v) is 15.1. The molecule has 2 rings (SSSR count). The molecule has 1 atom stereocenters. The Morgan fingerprint density at radius 3 is 2.31 bits per heavy atom. The molecule has 2 N–H and O–H groups in total. The van der Waals surface area contributed by atoms with E-state index in [1.165, 1.54) is 0 Å². The molecule has 0 aliphatic heterocycles. The van der Waals surface area contributed by atoms with Gasteiger partial charge in [-0.1, -0.05) is 18.2 Å². The smallest absolute Gasteiger partial charge is 0.317 e. The van der Waals surface area contributed by atoms with Crippen LogP contribution in [-0.4, -0.2) is 36.2 Å². The SMILES string of the molecule is O=C(O)C(CCNS(=O)(=O)c1ccc([N+](=O)[O-])cc1)Sc1ccccc1. The third kappa shape index (κ3) is 5.55. The van der Waals surface area contributed by atoms with Crippen LogP contribution in [0.5, 0.6) is 0 Å². The van der Waals surface area contributed by atoms with E-state index in [1.807, 2.05) is 6.07 Å². The number of hydrogen-bond acceptors (Lipinski definition) is 6. The Morgan fingerprint density at radius 2 is 1.77 bits per heavy atom. The molecule has 0 aromatic heterocycles. The van der Waals surface area contributed by atoms with Gasteiger partial charge in [-0.3, -0.25) is 14.9 Å². The van der Waals surface area contributed by atoms with Gasteiger partial charge in [0.1, 0.15) is 5.25 Å². The molecule has 2 aromatic carbocycles. The number of nitrogens with zero attached hydrogens (tertiary/aromatic N) is 1. The van der Waals surface area contributed by atoms with E-state index in [2.05, 4.69) is 4.72 Å². The summed E-state index contributed by atoms with van der Waals surface area (Å²) in [6.07, 6.45) is 0.0844. The summed E-state index contributed by atoms with van der Waals surface area (Å²) in [6.45, 7) is -0.0733. The Morgan fingerprint density at radius 1 is 1.15 bits per heavy atom. The fraction of sp³-hybridized carbons (Fsp3) is 0.188.